The van der Waals surface area contributed by atoms with E-state index in [1.165, 1.54) is 11.8 Å². The second-order valence-corrected chi connectivity index (χ2v) is 2.81. The molecule has 0 aliphatic rings. The Labute approximate surface area is 75.6 Å². The molecule has 68 valence electrons. The van der Waals surface area contributed by atoms with Crippen molar-refractivity contribution in [1.29, 1.82) is 0 Å². The van der Waals surface area contributed by atoms with Gasteiger partial charge in [0.1, 0.15) is 0 Å². The van der Waals surface area contributed by atoms with Crippen molar-refractivity contribution in [2.45, 2.75) is 12.1 Å². The summed E-state index contributed by atoms with van der Waals surface area (Å²) in [5.74, 6) is -0.811. The smallest absolute Gasteiger partial charge is 0.334 e. The van der Waals surface area contributed by atoms with Gasteiger partial charge in [0.05, 0.1) is 6.04 Å². The van der Waals surface area contributed by atoms with Gasteiger partial charge >= 0.3 is 5.97 Å². The van der Waals surface area contributed by atoms with E-state index in [1.54, 1.807) is 6.26 Å². The van der Waals surface area contributed by atoms with Gasteiger partial charge in [-0.05, 0) is 6.26 Å². The minimum Gasteiger partial charge on any atom is -0.479 e. The van der Waals surface area contributed by atoms with Crippen LogP contribution in [0.15, 0.2) is 0 Å². The minimum atomic E-state index is -1.44. The SMILES string of the molecule is CSC[C@H](N)C(O)C(=O)O.Cl. The lowest BCUT2D eigenvalue weighted by atomic mass is 10.2. The number of aliphatic carboxylic acids is 1. The first-order chi connectivity index (χ1) is 4.59. The number of rotatable bonds is 4. The molecular formula is C5H12ClNO3S. The van der Waals surface area contributed by atoms with Crippen LogP contribution in [-0.2, 0) is 4.79 Å². The van der Waals surface area contributed by atoms with Crippen LogP contribution >= 0.6 is 24.2 Å². The highest BCUT2D eigenvalue weighted by Gasteiger charge is 2.20. The van der Waals surface area contributed by atoms with Crippen LogP contribution in [0.3, 0.4) is 0 Å². The summed E-state index contributed by atoms with van der Waals surface area (Å²) < 4.78 is 0. The predicted molar refractivity (Wildman–Crippen MR) is 47.2 cm³/mol. The lowest BCUT2D eigenvalue weighted by molar-refractivity contribution is -0.147. The summed E-state index contributed by atoms with van der Waals surface area (Å²) >= 11 is 1.41. The van der Waals surface area contributed by atoms with E-state index in [9.17, 15) is 4.79 Å². The Morgan fingerprint density at radius 3 is 2.45 bits per heavy atom. The van der Waals surface area contributed by atoms with E-state index in [0.29, 0.717) is 5.75 Å². The molecule has 4 nitrogen and oxygen atoms in total. The monoisotopic (exact) mass is 201 g/mol. The van der Waals surface area contributed by atoms with Crippen molar-refractivity contribution in [2.75, 3.05) is 12.0 Å². The third kappa shape index (κ3) is 5.32. The first-order valence-electron chi connectivity index (χ1n) is 2.75. The van der Waals surface area contributed by atoms with Crippen molar-refractivity contribution in [1.82, 2.24) is 0 Å². The molecule has 0 amide bonds. The molecule has 1 unspecified atom stereocenters. The first kappa shape index (κ1) is 13.6. The zero-order valence-electron chi connectivity index (χ0n) is 6.06. The Balaban J connectivity index is 0. The van der Waals surface area contributed by atoms with Gasteiger partial charge in [0.2, 0.25) is 0 Å². The molecule has 0 heterocycles. The number of nitrogens with two attached hydrogens (primary N) is 1. The summed E-state index contributed by atoms with van der Waals surface area (Å²) in [4.78, 5) is 10.1. The number of aliphatic hydroxyl groups is 1. The molecule has 0 aliphatic heterocycles. The quantitative estimate of drug-likeness (QED) is 0.574. The fourth-order valence-corrected chi connectivity index (χ4v) is 1.03. The molecule has 0 aliphatic carbocycles. The largest absolute Gasteiger partial charge is 0.479 e. The first-order valence-corrected chi connectivity index (χ1v) is 4.14. The number of aliphatic hydroxyl groups excluding tert-OH is 1. The van der Waals surface area contributed by atoms with E-state index in [4.69, 9.17) is 15.9 Å². The highest BCUT2D eigenvalue weighted by molar-refractivity contribution is 7.98. The van der Waals surface area contributed by atoms with Crippen molar-refractivity contribution in [3.8, 4) is 0 Å². The molecule has 0 radical (unpaired) electrons. The van der Waals surface area contributed by atoms with Gasteiger partial charge in [-0.2, -0.15) is 11.8 Å². The number of thioether (sulfide) groups is 1. The van der Waals surface area contributed by atoms with Gasteiger partial charge in [0.15, 0.2) is 6.10 Å². The van der Waals surface area contributed by atoms with Crippen LogP contribution in [0.5, 0.6) is 0 Å². The normalized spacial score (nSPS) is 14.8. The summed E-state index contributed by atoms with van der Waals surface area (Å²) in [5, 5.41) is 17.0. The second kappa shape index (κ2) is 6.72. The summed E-state index contributed by atoms with van der Waals surface area (Å²) in [7, 11) is 0. The van der Waals surface area contributed by atoms with Crippen LogP contribution < -0.4 is 5.73 Å². The highest BCUT2D eigenvalue weighted by atomic mass is 35.5. The number of carboxylic acids is 1. The molecule has 0 saturated carbocycles. The maximum atomic E-state index is 10.1. The van der Waals surface area contributed by atoms with Crippen molar-refractivity contribution < 1.29 is 15.0 Å². The fourth-order valence-electron chi connectivity index (χ4n) is 0.467. The highest BCUT2D eigenvalue weighted by Crippen LogP contribution is 1.99. The fraction of sp³-hybridized carbons (Fsp3) is 0.800. The Bertz CT molecular complexity index is 124. The maximum absolute atomic E-state index is 10.1. The Morgan fingerprint density at radius 1 is 1.73 bits per heavy atom. The van der Waals surface area contributed by atoms with Crippen LogP contribution in [-0.4, -0.2) is 40.3 Å². The van der Waals surface area contributed by atoms with E-state index < -0.39 is 18.1 Å². The van der Waals surface area contributed by atoms with E-state index in [-0.39, 0.29) is 12.4 Å². The Morgan fingerprint density at radius 2 is 2.18 bits per heavy atom. The van der Waals surface area contributed by atoms with Gasteiger partial charge in [0.25, 0.3) is 0 Å². The molecular weight excluding hydrogens is 190 g/mol. The average Bonchev–Trinajstić information content (AvgIpc) is 1.87. The molecule has 6 heteroatoms. The van der Waals surface area contributed by atoms with Crippen molar-refractivity contribution in [2.24, 2.45) is 5.73 Å². The van der Waals surface area contributed by atoms with Gasteiger partial charge in [-0.15, -0.1) is 12.4 Å². The second-order valence-electron chi connectivity index (χ2n) is 1.90. The zero-order chi connectivity index (χ0) is 8.15. The number of hydrogen-bond acceptors (Lipinski definition) is 4. The standard InChI is InChI=1S/C5H11NO3S.ClH/c1-10-2-3(6)4(7)5(8)9;/h3-4,7H,2,6H2,1H3,(H,8,9);1H/t3-,4?;/m0./s1. The van der Waals surface area contributed by atoms with E-state index >= 15 is 0 Å². The van der Waals surface area contributed by atoms with Gasteiger partial charge < -0.3 is 15.9 Å². The van der Waals surface area contributed by atoms with Crippen LogP contribution in [0.1, 0.15) is 0 Å². The van der Waals surface area contributed by atoms with Crippen molar-refractivity contribution in [3.63, 3.8) is 0 Å². The third-order valence-corrected chi connectivity index (χ3v) is 1.74. The number of carbonyl (C=O) groups is 1. The molecule has 0 aromatic rings. The number of hydrogen-bond donors (Lipinski definition) is 3. The van der Waals surface area contributed by atoms with Gasteiger partial charge in [-0.1, -0.05) is 0 Å². The Hall–Kier alpha value is 0.0300. The number of halogens is 1. The topological polar surface area (TPSA) is 83.5 Å². The van der Waals surface area contributed by atoms with Gasteiger partial charge in [-0.25, -0.2) is 4.79 Å². The summed E-state index contributed by atoms with van der Waals surface area (Å²) in [6.45, 7) is 0. The van der Waals surface area contributed by atoms with E-state index in [2.05, 4.69) is 0 Å². The van der Waals surface area contributed by atoms with E-state index in [0.717, 1.165) is 0 Å². The summed E-state index contributed by atoms with van der Waals surface area (Å²) in [5.41, 5.74) is 5.28. The van der Waals surface area contributed by atoms with E-state index in [1.807, 2.05) is 0 Å². The van der Waals surface area contributed by atoms with Crippen molar-refractivity contribution in [3.05, 3.63) is 0 Å². The van der Waals surface area contributed by atoms with Gasteiger partial charge in [0, 0.05) is 5.75 Å². The molecule has 0 spiro atoms. The summed E-state index contributed by atoms with van der Waals surface area (Å²) in [6, 6.07) is -0.674. The lowest BCUT2D eigenvalue weighted by Gasteiger charge is -2.12. The minimum absolute atomic E-state index is 0. The molecule has 0 aromatic heterocycles. The molecule has 0 saturated heterocycles. The average molecular weight is 202 g/mol. The van der Waals surface area contributed by atoms with Crippen LogP contribution in [0.4, 0.5) is 0 Å². The molecule has 2 atom stereocenters. The predicted octanol–water partition coefficient (Wildman–Crippen LogP) is -0.456. The molecule has 0 fully saturated rings. The maximum Gasteiger partial charge on any atom is 0.334 e. The molecule has 0 aromatic carbocycles. The van der Waals surface area contributed by atoms with Crippen LogP contribution in [0.25, 0.3) is 0 Å². The summed E-state index contributed by atoms with van der Waals surface area (Å²) in [6.07, 6.45) is 0.362. The lowest BCUT2D eigenvalue weighted by Crippen LogP contribution is -2.42. The molecule has 11 heavy (non-hydrogen) atoms. The van der Waals surface area contributed by atoms with Crippen molar-refractivity contribution >= 4 is 30.1 Å². The van der Waals surface area contributed by atoms with Crippen LogP contribution in [0, 0.1) is 0 Å². The molecule has 0 rings (SSSR count). The Kier molecular flexibility index (Phi) is 8.32. The van der Waals surface area contributed by atoms with Gasteiger partial charge in [-0.3, -0.25) is 0 Å². The zero-order valence-corrected chi connectivity index (χ0v) is 7.69. The molecule has 0 bridgehead atoms. The number of carboxylic acid groups (broad SMARTS) is 1. The van der Waals surface area contributed by atoms with Crippen LogP contribution in [0.2, 0.25) is 0 Å². The third-order valence-electron chi connectivity index (χ3n) is 1.02. The molecule has 4 N–H and O–H groups in total.